The number of rotatable bonds is 6. The van der Waals surface area contributed by atoms with Crippen LogP contribution >= 0.6 is 0 Å². The zero-order valence-electron chi connectivity index (χ0n) is 16.3. The van der Waals surface area contributed by atoms with Crippen molar-refractivity contribution in [1.82, 2.24) is 25.1 Å². The molecule has 0 aliphatic rings. The molecule has 154 valence electrons. The summed E-state index contributed by atoms with van der Waals surface area (Å²) in [4.78, 5) is 13.3. The summed E-state index contributed by atoms with van der Waals surface area (Å²) in [5.74, 6) is -0.193. The number of nitrogens with zero attached hydrogens (tertiary/aromatic N) is 4. The third kappa shape index (κ3) is 4.43. The molecule has 4 rings (SSSR count). The monoisotopic (exact) mass is 426 g/mol. The van der Waals surface area contributed by atoms with Gasteiger partial charge in [-0.2, -0.15) is 5.10 Å². The molecule has 4 aromatic rings. The number of fused-ring (bicyclic) bond motifs is 1. The first-order chi connectivity index (χ1) is 14.3. The van der Waals surface area contributed by atoms with Crippen LogP contribution in [0.2, 0.25) is 0 Å². The van der Waals surface area contributed by atoms with Crippen molar-refractivity contribution in [2.45, 2.75) is 12.8 Å². The average Bonchev–Trinajstić information content (AvgIpc) is 3.11. The molecule has 8 nitrogen and oxygen atoms in total. The zero-order valence-corrected chi connectivity index (χ0v) is 17.1. The first-order valence-corrected chi connectivity index (χ1v) is 11.2. The largest absolute Gasteiger partial charge is 0.323 e. The van der Waals surface area contributed by atoms with Crippen LogP contribution in [0.5, 0.6) is 0 Å². The number of sulfone groups is 1. The van der Waals surface area contributed by atoms with Crippen molar-refractivity contribution < 1.29 is 12.8 Å². The van der Waals surface area contributed by atoms with Crippen molar-refractivity contribution in [2.24, 2.45) is 0 Å². The minimum Gasteiger partial charge on any atom is -0.323 e. The lowest BCUT2D eigenvalue weighted by Gasteiger charge is -2.17. The minimum absolute atomic E-state index is 0.259. The Hall–Kier alpha value is -3.40. The highest BCUT2D eigenvalue weighted by Crippen LogP contribution is 2.29. The number of benzene rings is 1. The van der Waals surface area contributed by atoms with Gasteiger partial charge in [0.25, 0.3) is 0 Å². The van der Waals surface area contributed by atoms with Gasteiger partial charge in [-0.3, -0.25) is 10.1 Å². The van der Waals surface area contributed by atoms with Crippen LogP contribution < -0.4 is 5.32 Å². The Balaban J connectivity index is 1.86. The number of halogens is 1. The van der Waals surface area contributed by atoms with Gasteiger partial charge < -0.3 is 5.32 Å². The van der Waals surface area contributed by atoms with Crippen LogP contribution in [-0.4, -0.2) is 45.6 Å². The lowest BCUT2D eigenvalue weighted by atomic mass is 10.1. The number of para-hydroxylation sites is 1. The normalized spacial score (nSPS) is 12.8. The van der Waals surface area contributed by atoms with Crippen molar-refractivity contribution in [2.75, 3.05) is 17.3 Å². The summed E-state index contributed by atoms with van der Waals surface area (Å²) in [7, 11) is -3.40. The summed E-state index contributed by atoms with van der Waals surface area (Å²) >= 11 is 0. The van der Waals surface area contributed by atoms with Gasteiger partial charge in [-0.15, -0.1) is 0 Å². The van der Waals surface area contributed by atoms with E-state index in [0.29, 0.717) is 22.8 Å². The second-order valence-electron chi connectivity index (χ2n) is 7.06. The molecule has 3 aromatic heterocycles. The van der Waals surface area contributed by atoms with E-state index in [1.54, 1.807) is 0 Å². The maximum atomic E-state index is 13.4. The lowest BCUT2D eigenvalue weighted by Crippen LogP contribution is -2.19. The van der Waals surface area contributed by atoms with Gasteiger partial charge in [-0.25, -0.2) is 22.8 Å². The molecule has 10 heteroatoms. The fraction of sp³-hybridized carbons (Fsp3) is 0.200. The first-order valence-electron chi connectivity index (χ1n) is 9.13. The molecular formula is C20H19FN6O2S. The summed E-state index contributed by atoms with van der Waals surface area (Å²) in [6.45, 7) is 1.88. The smallest absolute Gasteiger partial charge is 0.153 e. The highest BCUT2D eigenvalue weighted by molar-refractivity contribution is 7.90. The molecule has 0 aliphatic carbocycles. The third-order valence-corrected chi connectivity index (χ3v) is 5.40. The van der Waals surface area contributed by atoms with Gasteiger partial charge in [0, 0.05) is 23.4 Å². The predicted octanol–water partition coefficient (Wildman–Crippen LogP) is 3.12. The van der Waals surface area contributed by atoms with E-state index in [2.05, 4.69) is 30.5 Å². The number of H-pyrrole nitrogens is 1. The van der Waals surface area contributed by atoms with Crippen LogP contribution in [0.4, 0.5) is 16.0 Å². The van der Waals surface area contributed by atoms with Gasteiger partial charge in [-0.05, 0) is 31.2 Å². The first kappa shape index (κ1) is 19.9. The molecule has 0 radical (unpaired) electrons. The van der Waals surface area contributed by atoms with Crippen molar-refractivity contribution in [3.8, 4) is 0 Å². The van der Waals surface area contributed by atoms with E-state index in [4.69, 9.17) is 0 Å². The fourth-order valence-corrected chi connectivity index (χ4v) is 4.06. The van der Waals surface area contributed by atoms with E-state index >= 15 is 0 Å². The number of aromatic amines is 1. The van der Waals surface area contributed by atoms with Crippen LogP contribution in [0.15, 0.2) is 48.7 Å². The van der Waals surface area contributed by atoms with E-state index in [1.807, 2.05) is 37.3 Å². The van der Waals surface area contributed by atoms with Crippen LogP contribution in [0.1, 0.15) is 23.1 Å². The molecule has 3 heterocycles. The molecule has 0 amide bonds. The zero-order chi connectivity index (χ0) is 21.3. The maximum Gasteiger partial charge on any atom is 0.153 e. The SMILES string of the molecule is Cc1cc(Nc2nc([C@H](CS(C)(=O)=O)c3ccc(F)cn3)nc3ccccc23)n[nH]1. The lowest BCUT2D eigenvalue weighted by molar-refractivity contribution is 0.594. The molecule has 0 spiro atoms. The molecule has 0 saturated heterocycles. The number of aryl methyl sites for hydroxylation is 1. The van der Waals surface area contributed by atoms with E-state index < -0.39 is 21.6 Å². The Morgan fingerprint density at radius 3 is 2.63 bits per heavy atom. The standard InChI is InChI=1S/C20H19FN6O2S/c1-12-9-18(27-26-12)24-19-14-5-3-4-6-17(14)23-20(25-19)15(11-30(2,28)29)16-8-7-13(21)10-22-16/h3-10,15H,11H2,1-2H3,(H2,23,24,25,26,27)/t15-/m1/s1. The van der Waals surface area contributed by atoms with Crippen molar-refractivity contribution in [3.05, 3.63) is 71.7 Å². The van der Waals surface area contributed by atoms with Gasteiger partial charge in [0.05, 0.1) is 29.1 Å². The van der Waals surface area contributed by atoms with Gasteiger partial charge in [0.15, 0.2) is 5.82 Å². The Labute approximate surface area is 172 Å². The summed E-state index contributed by atoms with van der Waals surface area (Å²) in [6.07, 6.45) is 2.19. The van der Waals surface area contributed by atoms with Crippen LogP contribution in [0, 0.1) is 12.7 Å². The average molecular weight is 426 g/mol. The second kappa shape index (κ2) is 7.79. The molecule has 2 N–H and O–H groups in total. The van der Waals surface area contributed by atoms with Gasteiger partial charge in [-0.1, -0.05) is 12.1 Å². The van der Waals surface area contributed by atoms with E-state index in [-0.39, 0.29) is 11.6 Å². The third-order valence-electron chi connectivity index (χ3n) is 4.46. The molecule has 1 atom stereocenters. The Morgan fingerprint density at radius 2 is 1.97 bits per heavy atom. The quantitative estimate of drug-likeness (QED) is 0.487. The van der Waals surface area contributed by atoms with Crippen LogP contribution in [0.25, 0.3) is 10.9 Å². The van der Waals surface area contributed by atoms with Gasteiger partial charge in [0.2, 0.25) is 0 Å². The van der Waals surface area contributed by atoms with E-state index in [0.717, 1.165) is 23.5 Å². The number of aromatic nitrogens is 5. The summed E-state index contributed by atoms with van der Waals surface area (Å²) in [5, 5.41) is 10.9. The summed E-state index contributed by atoms with van der Waals surface area (Å²) < 4.78 is 37.6. The summed E-state index contributed by atoms with van der Waals surface area (Å²) in [6, 6.07) is 11.9. The van der Waals surface area contributed by atoms with Gasteiger partial charge in [0.1, 0.15) is 27.3 Å². The second-order valence-corrected chi connectivity index (χ2v) is 9.24. The molecule has 0 bridgehead atoms. The molecule has 0 saturated carbocycles. The summed E-state index contributed by atoms with van der Waals surface area (Å²) in [5.41, 5.74) is 1.89. The number of hydrogen-bond acceptors (Lipinski definition) is 7. The molecule has 0 unspecified atom stereocenters. The van der Waals surface area contributed by atoms with E-state index in [1.165, 1.54) is 12.1 Å². The molecule has 1 aromatic carbocycles. The highest BCUT2D eigenvalue weighted by Gasteiger charge is 2.25. The number of anilines is 2. The van der Waals surface area contributed by atoms with Crippen LogP contribution in [0.3, 0.4) is 0 Å². The predicted molar refractivity (Wildman–Crippen MR) is 112 cm³/mol. The maximum absolute atomic E-state index is 13.4. The number of hydrogen-bond donors (Lipinski definition) is 2. The van der Waals surface area contributed by atoms with Crippen molar-refractivity contribution in [3.63, 3.8) is 0 Å². The number of nitrogens with one attached hydrogen (secondary N) is 2. The topological polar surface area (TPSA) is 114 Å². The van der Waals surface area contributed by atoms with Crippen molar-refractivity contribution >= 4 is 32.4 Å². The van der Waals surface area contributed by atoms with E-state index in [9.17, 15) is 12.8 Å². The van der Waals surface area contributed by atoms with Gasteiger partial charge >= 0.3 is 0 Å². The Morgan fingerprint density at radius 1 is 1.17 bits per heavy atom. The van der Waals surface area contributed by atoms with Crippen LogP contribution in [-0.2, 0) is 9.84 Å². The Kier molecular flexibility index (Phi) is 5.17. The number of pyridine rings is 1. The molecule has 0 aliphatic heterocycles. The van der Waals surface area contributed by atoms with Crippen molar-refractivity contribution in [1.29, 1.82) is 0 Å². The Bertz CT molecular complexity index is 1300. The highest BCUT2D eigenvalue weighted by atomic mass is 32.2. The molecular weight excluding hydrogens is 407 g/mol. The minimum atomic E-state index is -3.40. The molecule has 0 fully saturated rings. The molecule has 30 heavy (non-hydrogen) atoms. The fourth-order valence-electron chi connectivity index (χ4n) is 3.14.